The Morgan fingerprint density at radius 2 is 2.16 bits per heavy atom. The van der Waals surface area contributed by atoms with E-state index in [1.54, 1.807) is 18.2 Å². The second kappa shape index (κ2) is 5.61. The molecule has 1 fully saturated rings. The standard InChI is InChI=1S/C14H16ClNO3/c1-9(2)12-8-19-14(18)16(12)13(17)7-10-5-3-4-6-11(10)15/h3-6,9,12H,7-8H2,1-2H3/t12-/m1/s1. The number of hydrogen-bond donors (Lipinski definition) is 0. The Labute approximate surface area is 117 Å². The quantitative estimate of drug-likeness (QED) is 0.856. The van der Waals surface area contributed by atoms with E-state index in [2.05, 4.69) is 0 Å². The van der Waals surface area contributed by atoms with Gasteiger partial charge in [-0.2, -0.15) is 0 Å². The fourth-order valence-electron chi connectivity index (χ4n) is 2.10. The third-order valence-electron chi connectivity index (χ3n) is 3.24. The number of carbonyl (C=O) groups is 2. The fourth-order valence-corrected chi connectivity index (χ4v) is 2.31. The molecule has 0 saturated carbocycles. The molecule has 102 valence electrons. The normalized spacial score (nSPS) is 18.8. The van der Waals surface area contributed by atoms with Crippen LogP contribution in [-0.2, 0) is 16.0 Å². The van der Waals surface area contributed by atoms with E-state index in [0.29, 0.717) is 5.02 Å². The van der Waals surface area contributed by atoms with Crippen molar-refractivity contribution in [3.8, 4) is 0 Å². The van der Waals surface area contributed by atoms with Gasteiger partial charge in [-0.25, -0.2) is 9.69 Å². The Kier molecular flexibility index (Phi) is 4.10. The van der Waals surface area contributed by atoms with Gasteiger partial charge in [0.05, 0.1) is 12.5 Å². The van der Waals surface area contributed by atoms with Gasteiger partial charge in [-0.05, 0) is 17.5 Å². The number of ether oxygens (including phenoxy) is 1. The van der Waals surface area contributed by atoms with Gasteiger partial charge in [0.1, 0.15) is 6.61 Å². The van der Waals surface area contributed by atoms with Gasteiger partial charge in [0.2, 0.25) is 5.91 Å². The van der Waals surface area contributed by atoms with Crippen molar-refractivity contribution >= 4 is 23.6 Å². The molecular formula is C14H16ClNO3. The SMILES string of the molecule is CC(C)[C@H]1COC(=O)N1C(=O)Cc1ccccc1Cl. The van der Waals surface area contributed by atoms with Crippen LogP contribution in [0.25, 0.3) is 0 Å². The molecule has 1 heterocycles. The van der Waals surface area contributed by atoms with Crippen LogP contribution in [0.15, 0.2) is 24.3 Å². The van der Waals surface area contributed by atoms with Crippen LogP contribution in [-0.4, -0.2) is 29.5 Å². The largest absolute Gasteiger partial charge is 0.447 e. The van der Waals surface area contributed by atoms with E-state index in [-0.39, 0.29) is 30.9 Å². The van der Waals surface area contributed by atoms with E-state index >= 15 is 0 Å². The third kappa shape index (κ3) is 2.89. The minimum Gasteiger partial charge on any atom is -0.447 e. The number of imide groups is 1. The predicted molar refractivity (Wildman–Crippen MR) is 72.0 cm³/mol. The third-order valence-corrected chi connectivity index (χ3v) is 3.61. The average molecular weight is 282 g/mol. The molecule has 4 nitrogen and oxygen atoms in total. The van der Waals surface area contributed by atoms with Gasteiger partial charge in [-0.15, -0.1) is 0 Å². The molecule has 0 N–H and O–H groups in total. The molecule has 1 aliphatic rings. The topological polar surface area (TPSA) is 46.6 Å². The molecule has 1 saturated heterocycles. The number of halogens is 1. The van der Waals surface area contributed by atoms with Gasteiger partial charge < -0.3 is 4.74 Å². The van der Waals surface area contributed by atoms with E-state index in [4.69, 9.17) is 16.3 Å². The number of cyclic esters (lactones) is 1. The zero-order valence-electron chi connectivity index (χ0n) is 10.9. The summed E-state index contributed by atoms with van der Waals surface area (Å²) in [5, 5.41) is 0.532. The van der Waals surface area contributed by atoms with Crippen LogP contribution >= 0.6 is 11.6 Å². The number of amides is 2. The van der Waals surface area contributed by atoms with E-state index in [1.807, 2.05) is 19.9 Å². The molecule has 2 amide bonds. The Bertz CT molecular complexity index is 501. The number of hydrogen-bond acceptors (Lipinski definition) is 3. The van der Waals surface area contributed by atoms with E-state index < -0.39 is 6.09 Å². The maximum Gasteiger partial charge on any atom is 0.416 e. The summed E-state index contributed by atoms with van der Waals surface area (Å²) in [4.78, 5) is 25.1. The molecule has 2 rings (SSSR count). The van der Waals surface area contributed by atoms with Gasteiger partial charge in [-0.3, -0.25) is 4.79 Å². The number of carbonyl (C=O) groups excluding carboxylic acids is 2. The Balaban J connectivity index is 2.15. The molecule has 0 unspecified atom stereocenters. The summed E-state index contributed by atoms with van der Waals surface area (Å²) in [7, 11) is 0. The van der Waals surface area contributed by atoms with Crippen LogP contribution in [0.2, 0.25) is 5.02 Å². The predicted octanol–water partition coefficient (Wildman–Crippen LogP) is 2.89. The Morgan fingerprint density at radius 3 is 2.79 bits per heavy atom. The highest BCUT2D eigenvalue weighted by atomic mass is 35.5. The lowest BCUT2D eigenvalue weighted by atomic mass is 10.0. The summed E-state index contributed by atoms with van der Waals surface area (Å²) in [5.74, 6) is -0.101. The summed E-state index contributed by atoms with van der Waals surface area (Å²) in [6.45, 7) is 4.19. The van der Waals surface area contributed by atoms with Gasteiger partial charge >= 0.3 is 6.09 Å². The average Bonchev–Trinajstić information content (AvgIpc) is 2.74. The minimum absolute atomic E-state index is 0.109. The van der Waals surface area contributed by atoms with Crippen LogP contribution in [0.3, 0.4) is 0 Å². The van der Waals surface area contributed by atoms with Gasteiger partial charge in [0.15, 0.2) is 0 Å². The molecule has 0 aliphatic carbocycles. The van der Waals surface area contributed by atoms with Gasteiger partial charge in [0.25, 0.3) is 0 Å². The van der Waals surface area contributed by atoms with E-state index in [1.165, 1.54) is 4.90 Å². The number of benzene rings is 1. The maximum absolute atomic E-state index is 12.3. The van der Waals surface area contributed by atoms with Gasteiger partial charge in [0, 0.05) is 5.02 Å². The Morgan fingerprint density at radius 1 is 1.47 bits per heavy atom. The summed E-state index contributed by atoms with van der Waals surface area (Å²) in [5.41, 5.74) is 0.719. The molecule has 1 aromatic rings. The molecule has 0 bridgehead atoms. The van der Waals surface area contributed by atoms with Crippen molar-refractivity contribution in [1.29, 1.82) is 0 Å². The molecule has 1 aromatic carbocycles. The highest BCUT2D eigenvalue weighted by molar-refractivity contribution is 6.31. The zero-order chi connectivity index (χ0) is 14.0. The summed E-state index contributed by atoms with van der Waals surface area (Å²) >= 11 is 6.02. The molecule has 0 radical (unpaired) electrons. The highest BCUT2D eigenvalue weighted by Crippen LogP contribution is 2.22. The second-order valence-electron chi connectivity index (χ2n) is 4.92. The first kappa shape index (κ1) is 13.9. The van der Waals surface area contributed by atoms with Crippen LogP contribution in [0, 0.1) is 5.92 Å². The molecule has 19 heavy (non-hydrogen) atoms. The first-order valence-electron chi connectivity index (χ1n) is 6.23. The zero-order valence-corrected chi connectivity index (χ0v) is 11.7. The van der Waals surface area contributed by atoms with Crippen molar-refractivity contribution in [1.82, 2.24) is 4.90 Å². The van der Waals surface area contributed by atoms with E-state index in [9.17, 15) is 9.59 Å². The fraction of sp³-hybridized carbons (Fsp3) is 0.429. The van der Waals surface area contributed by atoms with Crippen LogP contribution in [0.5, 0.6) is 0 Å². The summed E-state index contributed by atoms with van der Waals surface area (Å²) in [6.07, 6.45) is -0.450. The lowest BCUT2D eigenvalue weighted by Crippen LogP contribution is -2.42. The lowest BCUT2D eigenvalue weighted by Gasteiger charge is -2.22. The van der Waals surface area contributed by atoms with Crippen molar-refractivity contribution in [2.45, 2.75) is 26.3 Å². The van der Waals surface area contributed by atoms with E-state index in [0.717, 1.165) is 5.56 Å². The second-order valence-corrected chi connectivity index (χ2v) is 5.33. The molecule has 1 aliphatic heterocycles. The Hall–Kier alpha value is -1.55. The van der Waals surface area contributed by atoms with Crippen molar-refractivity contribution in [2.75, 3.05) is 6.61 Å². The maximum atomic E-state index is 12.3. The molecule has 0 spiro atoms. The smallest absolute Gasteiger partial charge is 0.416 e. The van der Waals surface area contributed by atoms with Crippen molar-refractivity contribution < 1.29 is 14.3 Å². The van der Waals surface area contributed by atoms with Crippen molar-refractivity contribution in [2.24, 2.45) is 5.92 Å². The molecule has 5 heteroatoms. The van der Waals surface area contributed by atoms with Crippen molar-refractivity contribution in [3.63, 3.8) is 0 Å². The highest BCUT2D eigenvalue weighted by Gasteiger charge is 2.39. The van der Waals surface area contributed by atoms with Crippen LogP contribution in [0.4, 0.5) is 4.79 Å². The first-order chi connectivity index (χ1) is 9.00. The van der Waals surface area contributed by atoms with Crippen molar-refractivity contribution in [3.05, 3.63) is 34.9 Å². The molecule has 1 atom stereocenters. The summed E-state index contributed by atoms with van der Waals surface area (Å²) in [6, 6.07) is 6.94. The van der Waals surface area contributed by atoms with Crippen LogP contribution in [0.1, 0.15) is 19.4 Å². The number of rotatable bonds is 3. The van der Waals surface area contributed by atoms with Gasteiger partial charge in [-0.1, -0.05) is 43.6 Å². The lowest BCUT2D eigenvalue weighted by molar-refractivity contribution is -0.129. The monoisotopic (exact) mass is 281 g/mol. The minimum atomic E-state index is -0.559. The molecular weight excluding hydrogens is 266 g/mol. The van der Waals surface area contributed by atoms with Crippen LogP contribution < -0.4 is 0 Å². The molecule has 0 aromatic heterocycles. The summed E-state index contributed by atoms with van der Waals surface area (Å²) < 4.78 is 4.96. The first-order valence-corrected chi connectivity index (χ1v) is 6.60. The number of nitrogens with zero attached hydrogens (tertiary/aromatic N) is 1.